The molecular formula is C17H23BFN3O4S. The number of rotatable bonds is 4. The molecule has 0 fully saturated rings. The van der Waals surface area contributed by atoms with E-state index in [9.17, 15) is 22.7 Å². The molecule has 27 heavy (non-hydrogen) atoms. The van der Waals surface area contributed by atoms with E-state index in [4.69, 9.17) is 0 Å². The van der Waals surface area contributed by atoms with Crippen molar-refractivity contribution in [2.45, 2.75) is 38.1 Å². The number of carbonyl (C=O) groups is 1. The standard InChI is InChI=1S/C17H23BFN3O4S/c1-9-11(19)7-13(23)15(14(9)18)20-16(24)12-6-10(8-22(12)5)27(25,26)21-17(2,3)4/h6-8,21,23H,18H2,1-5H3,(H,20,24). The van der Waals surface area contributed by atoms with Crippen LogP contribution in [0.2, 0.25) is 0 Å². The summed E-state index contributed by atoms with van der Waals surface area (Å²) in [7, 11) is -0.698. The first-order chi connectivity index (χ1) is 12.2. The summed E-state index contributed by atoms with van der Waals surface area (Å²) in [6, 6.07) is 2.16. The minimum absolute atomic E-state index is 0.0543. The highest BCUT2D eigenvalue weighted by atomic mass is 32.2. The highest BCUT2D eigenvalue weighted by Gasteiger charge is 2.25. The summed E-state index contributed by atoms with van der Waals surface area (Å²) in [5, 5.41) is 12.5. The first-order valence-corrected chi connectivity index (χ1v) is 9.71. The summed E-state index contributed by atoms with van der Waals surface area (Å²) < 4.78 is 42.4. The summed E-state index contributed by atoms with van der Waals surface area (Å²) in [5.41, 5.74) is 0.165. The Hall–Kier alpha value is -2.33. The van der Waals surface area contributed by atoms with Crippen LogP contribution in [0.3, 0.4) is 0 Å². The number of anilines is 1. The molecule has 0 saturated carbocycles. The summed E-state index contributed by atoms with van der Waals surface area (Å²) in [6.45, 7) is 6.67. The van der Waals surface area contributed by atoms with E-state index in [2.05, 4.69) is 10.0 Å². The Morgan fingerprint density at radius 2 is 1.89 bits per heavy atom. The van der Waals surface area contributed by atoms with E-state index in [1.54, 1.807) is 28.6 Å². The minimum Gasteiger partial charge on any atom is -0.506 e. The number of carbonyl (C=O) groups excluding carboxylic acids is 1. The Labute approximate surface area is 159 Å². The molecule has 0 bridgehead atoms. The number of aryl methyl sites for hydroxylation is 1. The molecule has 3 N–H and O–H groups in total. The molecule has 0 aliphatic rings. The molecule has 146 valence electrons. The number of phenols is 1. The third kappa shape index (κ3) is 4.51. The van der Waals surface area contributed by atoms with Crippen molar-refractivity contribution in [1.82, 2.24) is 9.29 Å². The molecule has 0 atom stereocenters. The van der Waals surface area contributed by atoms with Crippen LogP contribution >= 0.6 is 0 Å². The van der Waals surface area contributed by atoms with Crippen molar-refractivity contribution < 1.29 is 22.7 Å². The Morgan fingerprint density at radius 1 is 1.30 bits per heavy atom. The maximum atomic E-state index is 13.7. The summed E-state index contributed by atoms with van der Waals surface area (Å²) in [6.07, 6.45) is 1.33. The van der Waals surface area contributed by atoms with E-state index in [1.165, 1.54) is 30.8 Å². The fourth-order valence-corrected chi connectivity index (χ4v) is 4.05. The average molecular weight is 395 g/mol. The lowest BCUT2D eigenvalue weighted by Gasteiger charge is -2.19. The number of sulfonamides is 1. The number of hydrogen-bond acceptors (Lipinski definition) is 4. The molecule has 0 saturated heterocycles. The van der Waals surface area contributed by atoms with Gasteiger partial charge in [0.25, 0.3) is 5.91 Å². The van der Waals surface area contributed by atoms with E-state index < -0.39 is 33.0 Å². The Bertz CT molecular complexity index is 1010. The number of aromatic hydroxyl groups is 1. The molecule has 1 amide bonds. The molecule has 0 radical (unpaired) electrons. The van der Waals surface area contributed by atoms with Crippen LogP contribution in [0, 0.1) is 12.7 Å². The van der Waals surface area contributed by atoms with Gasteiger partial charge >= 0.3 is 0 Å². The van der Waals surface area contributed by atoms with E-state index in [0.717, 1.165) is 6.07 Å². The molecule has 7 nitrogen and oxygen atoms in total. The molecule has 0 spiro atoms. The van der Waals surface area contributed by atoms with Crippen molar-refractivity contribution >= 4 is 34.9 Å². The smallest absolute Gasteiger partial charge is 0.272 e. The quantitative estimate of drug-likeness (QED) is 0.526. The lowest BCUT2D eigenvalue weighted by Crippen LogP contribution is -2.40. The van der Waals surface area contributed by atoms with E-state index in [0.29, 0.717) is 11.0 Å². The van der Waals surface area contributed by atoms with Gasteiger partial charge in [-0.15, -0.1) is 0 Å². The van der Waals surface area contributed by atoms with Crippen LogP contribution in [0.25, 0.3) is 0 Å². The first-order valence-electron chi connectivity index (χ1n) is 8.23. The van der Waals surface area contributed by atoms with E-state index in [-0.39, 0.29) is 16.3 Å². The second-order valence-corrected chi connectivity index (χ2v) is 9.17. The largest absolute Gasteiger partial charge is 0.506 e. The summed E-state index contributed by atoms with van der Waals surface area (Å²) in [5.74, 6) is -1.61. The van der Waals surface area contributed by atoms with Gasteiger partial charge in [0.15, 0.2) is 0 Å². The zero-order valence-electron chi connectivity index (χ0n) is 16.1. The van der Waals surface area contributed by atoms with Crippen LogP contribution in [0.5, 0.6) is 5.75 Å². The predicted octanol–water partition coefficient (Wildman–Crippen LogP) is 0.766. The zero-order chi connectivity index (χ0) is 20.7. The lowest BCUT2D eigenvalue weighted by atomic mass is 9.88. The maximum Gasteiger partial charge on any atom is 0.272 e. The molecule has 10 heteroatoms. The van der Waals surface area contributed by atoms with Gasteiger partial charge in [-0.05, 0) is 39.3 Å². The third-order valence-corrected chi connectivity index (χ3v) is 5.74. The number of phenolic OH excluding ortho intramolecular Hbond substituents is 1. The van der Waals surface area contributed by atoms with Gasteiger partial charge < -0.3 is 15.0 Å². The SMILES string of the molecule is Bc1c(C)c(F)cc(O)c1NC(=O)c1cc(S(=O)(=O)NC(C)(C)C)cn1C. The van der Waals surface area contributed by atoms with Gasteiger partial charge in [0.2, 0.25) is 10.0 Å². The molecule has 1 aromatic heterocycles. The fraction of sp³-hybridized carbons (Fsp3) is 0.353. The highest BCUT2D eigenvalue weighted by Crippen LogP contribution is 2.25. The topological polar surface area (TPSA) is 100 Å². The number of nitrogens with zero attached hydrogens (tertiary/aromatic N) is 1. The average Bonchev–Trinajstić information content (AvgIpc) is 2.90. The second-order valence-electron chi connectivity index (χ2n) is 7.48. The van der Waals surface area contributed by atoms with Crippen molar-refractivity contribution in [3.8, 4) is 5.75 Å². The number of halogens is 1. The van der Waals surface area contributed by atoms with Crippen molar-refractivity contribution in [3.05, 3.63) is 35.4 Å². The van der Waals surface area contributed by atoms with Crippen molar-refractivity contribution in [1.29, 1.82) is 0 Å². The molecule has 0 aliphatic heterocycles. The van der Waals surface area contributed by atoms with Gasteiger partial charge in [-0.25, -0.2) is 17.5 Å². The van der Waals surface area contributed by atoms with Gasteiger partial charge in [0.1, 0.15) is 30.0 Å². The molecule has 0 unspecified atom stereocenters. The Balaban J connectivity index is 2.37. The van der Waals surface area contributed by atoms with Crippen molar-refractivity contribution in [3.63, 3.8) is 0 Å². The van der Waals surface area contributed by atoms with Crippen LogP contribution in [-0.4, -0.2) is 37.4 Å². The fourth-order valence-electron chi connectivity index (χ4n) is 2.56. The molecule has 2 rings (SSSR count). The van der Waals surface area contributed by atoms with Gasteiger partial charge in [-0.3, -0.25) is 4.79 Å². The molecular weight excluding hydrogens is 372 g/mol. The number of nitrogens with one attached hydrogen (secondary N) is 2. The lowest BCUT2D eigenvalue weighted by molar-refractivity contribution is 0.101. The first kappa shape index (κ1) is 21.0. The molecule has 1 aromatic carbocycles. The van der Waals surface area contributed by atoms with Crippen LogP contribution < -0.4 is 15.5 Å². The maximum absolute atomic E-state index is 13.7. The van der Waals surface area contributed by atoms with Crippen LogP contribution in [0.15, 0.2) is 23.2 Å². The molecule has 2 aromatic rings. The van der Waals surface area contributed by atoms with Gasteiger partial charge in [0.05, 0.1) is 5.69 Å². The normalized spacial score (nSPS) is 12.2. The second kappa shape index (κ2) is 7.01. The zero-order valence-corrected chi connectivity index (χ0v) is 17.0. The van der Waals surface area contributed by atoms with Gasteiger partial charge in [-0.1, -0.05) is 5.46 Å². The van der Waals surface area contributed by atoms with E-state index >= 15 is 0 Å². The highest BCUT2D eigenvalue weighted by molar-refractivity contribution is 7.89. The molecule has 0 aliphatic carbocycles. The van der Waals surface area contributed by atoms with Crippen molar-refractivity contribution in [2.75, 3.05) is 5.32 Å². The number of hydrogen-bond donors (Lipinski definition) is 3. The third-order valence-electron chi connectivity index (χ3n) is 4.02. The predicted molar refractivity (Wildman–Crippen MR) is 104 cm³/mol. The summed E-state index contributed by atoms with van der Waals surface area (Å²) in [4.78, 5) is 12.6. The van der Waals surface area contributed by atoms with Crippen LogP contribution in [-0.2, 0) is 17.1 Å². The van der Waals surface area contributed by atoms with Crippen molar-refractivity contribution in [2.24, 2.45) is 7.05 Å². The number of amides is 1. The molecule has 1 heterocycles. The Kier molecular flexibility index (Phi) is 5.45. The minimum atomic E-state index is -3.80. The number of benzene rings is 1. The number of aromatic nitrogens is 1. The van der Waals surface area contributed by atoms with Gasteiger partial charge in [0, 0.05) is 24.8 Å². The van der Waals surface area contributed by atoms with Gasteiger partial charge in [-0.2, -0.15) is 0 Å². The van der Waals surface area contributed by atoms with Crippen LogP contribution in [0.4, 0.5) is 10.1 Å². The Morgan fingerprint density at radius 3 is 2.44 bits per heavy atom. The van der Waals surface area contributed by atoms with Crippen LogP contribution in [0.1, 0.15) is 36.8 Å². The van der Waals surface area contributed by atoms with E-state index in [1.807, 2.05) is 0 Å². The monoisotopic (exact) mass is 395 g/mol. The summed E-state index contributed by atoms with van der Waals surface area (Å²) >= 11 is 0.